The van der Waals surface area contributed by atoms with Crippen LogP contribution >= 0.6 is 0 Å². The zero-order chi connectivity index (χ0) is 18.7. The maximum atomic E-state index is 12.7. The van der Waals surface area contributed by atoms with Crippen LogP contribution in [-0.4, -0.2) is 50.6 Å². The lowest BCUT2D eigenvalue weighted by atomic mass is 10.0. The van der Waals surface area contributed by atoms with E-state index in [1.807, 2.05) is 4.90 Å². The topological polar surface area (TPSA) is 75.9 Å². The average Bonchev–Trinajstić information content (AvgIpc) is 3.09. The van der Waals surface area contributed by atoms with E-state index in [0.717, 1.165) is 37.9 Å². The Hall–Kier alpha value is -2.49. The fourth-order valence-electron chi connectivity index (χ4n) is 3.12. The highest BCUT2D eigenvalue weighted by atomic mass is 19.4. The van der Waals surface area contributed by atoms with E-state index in [1.54, 1.807) is 7.05 Å². The van der Waals surface area contributed by atoms with E-state index in [1.165, 1.54) is 16.8 Å². The number of halogens is 3. The Kier molecular flexibility index (Phi) is 5.21. The molecule has 0 radical (unpaired) electrons. The van der Waals surface area contributed by atoms with Gasteiger partial charge in [0.05, 0.1) is 23.8 Å². The van der Waals surface area contributed by atoms with E-state index in [0.29, 0.717) is 18.1 Å². The Labute approximate surface area is 148 Å². The number of amides is 1. The lowest BCUT2D eigenvalue weighted by molar-refractivity contribution is -0.137. The number of likely N-dealkylation sites (N-methyl/N-ethyl adjacent to an activating group) is 1. The van der Waals surface area contributed by atoms with Crippen LogP contribution in [-0.2, 0) is 17.5 Å². The minimum Gasteiger partial charge on any atom is -0.358 e. The van der Waals surface area contributed by atoms with Gasteiger partial charge in [0.25, 0.3) is 0 Å². The van der Waals surface area contributed by atoms with Crippen molar-refractivity contribution in [3.63, 3.8) is 0 Å². The molecule has 1 aliphatic rings. The second-order valence-corrected chi connectivity index (χ2v) is 6.15. The number of hydrogen-bond donors (Lipinski definition) is 1. The van der Waals surface area contributed by atoms with Crippen LogP contribution in [0.15, 0.2) is 24.3 Å². The number of hydrogen-bond acceptors (Lipinski definition) is 5. The largest absolute Gasteiger partial charge is 0.416 e. The number of likely N-dealkylation sites (tertiary alicyclic amines) is 1. The van der Waals surface area contributed by atoms with Gasteiger partial charge in [-0.1, -0.05) is 6.42 Å². The van der Waals surface area contributed by atoms with Gasteiger partial charge in [0.2, 0.25) is 5.91 Å². The Morgan fingerprint density at radius 1 is 1.27 bits per heavy atom. The first-order valence-corrected chi connectivity index (χ1v) is 8.30. The second kappa shape index (κ2) is 7.40. The minimum absolute atomic E-state index is 0.0572. The van der Waals surface area contributed by atoms with Gasteiger partial charge >= 0.3 is 6.18 Å². The normalized spacial score (nSPS) is 18.7. The molecule has 1 fully saturated rings. The molecule has 3 rings (SSSR count). The van der Waals surface area contributed by atoms with Gasteiger partial charge in [0.15, 0.2) is 5.82 Å². The number of tetrazole rings is 1. The first kappa shape index (κ1) is 18.3. The van der Waals surface area contributed by atoms with E-state index in [-0.39, 0.29) is 11.9 Å². The first-order chi connectivity index (χ1) is 12.4. The standard InChI is InChI=1S/C16H19F3N6O/c1-20-15(26)13-4-2-3-9-24(13)10-14-21-22-23-25(14)12-7-5-11(6-8-12)16(17,18)19/h5-8,13H,2-4,9-10H2,1H3,(H,20,26). The number of piperidine rings is 1. The van der Waals surface area contributed by atoms with Crippen LogP contribution in [0, 0.1) is 0 Å². The summed E-state index contributed by atoms with van der Waals surface area (Å²) in [6.45, 7) is 1.07. The summed E-state index contributed by atoms with van der Waals surface area (Å²) < 4.78 is 39.5. The van der Waals surface area contributed by atoms with Crippen molar-refractivity contribution >= 4 is 5.91 Å². The summed E-state index contributed by atoms with van der Waals surface area (Å²) in [5, 5.41) is 14.2. The lowest BCUT2D eigenvalue weighted by Gasteiger charge is -2.33. The first-order valence-electron chi connectivity index (χ1n) is 8.30. The summed E-state index contributed by atoms with van der Waals surface area (Å²) in [5.74, 6) is 0.416. The highest BCUT2D eigenvalue weighted by Gasteiger charge is 2.31. The molecular formula is C16H19F3N6O. The SMILES string of the molecule is CNC(=O)C1CCCCN1Cc1nnnn1-c1ccc(C(F)(F)F)cc1. The molecule has 2 aromatic rings. The van der Waals surface area contributed by atoms with Crippen molar-refractivity contribution in [2.45, 2.75) is 38.0 Å². The average molecular weight is 368 g/mol. The van der Waals surface area contributed by atoms with Gasteiger partial charge in [-0.2, -0.15) is 17.9 Å². The predicted octanol–water partition coefficient (Wildman–Crippen LogP) is 1.78. The van der Waals surface area contributed by atoms with E-state index in [4.69, 9.17) is 0 Å². The number of nitrogens with one attached hydrogen (secondary N) is 1. The van der Waals surface area contributed by atoms with Gasteiger partial charge in [-0.25, -0.2) is 0 Å². The van der Waals surface area contributed by atoms with Crippen LogP contribution in [0.1, 0.15) is 30.7 Å². The van der Waals surface area contributed by atoms with E-state index in [2.05, 4.69) is 20.8 Å². The number of carbonyl (C=O) groups excluding carboxylic acids is 1. The van der Waals surface area contributed by atoms with Crippen LogP contribution in [0.25, 0.3) is 5.69 Å². The molecule has 1 aromatic carbocycles. The summed E-state index contributed by atoms with van der Waals surface area (Å²) in [5.41, 5.74) is -0.293. The molecule has 7 nitrogen and oxygen atoms in total. The third-order valence-corrected chi connectivity index (χ3v) is 4.48. The fraction of sp³-hybridized carbons (Fsp3) is 0.500. The molecule has 1 unspecified atom stereocenters. The monoisotopic (exact) mass is 368 g/mol. The Morgan fingerprint density at radius 3 is 2.65 bits per heavy atom. The number of rotatable bonds is 4. The van der Waals surface area contributed by atoms with Crippen LogP contribution in [0.2, 0.25) is 0 Å². The molecule has 140 valence electrons. The molecule has 1 aliphatic heterocycles. The molecular weight excluding hydrogens is 349 g/mol. The molecule has 2 heterocycles. The molecule has 1 saturated heterocycles. The van der Waals surface area contributed by atoms with Crippen molar-refractivity contribution in [3.8, 4) is 5.69 Å². The van der Waals surface area contributed by atoms with Gasteiger partial charge in [-0.15, -0.1) is 5.10 Å². The quantitative estimate of drug-likeness (QED) is 0.890. The Balaban J connectivity index is 1.81. The van der Waals surface area contributed by atoms with Crippen molar-refractivity contribution < 1.29 is 18.0 Å². The van der Waals surface area contributed by atoms with Crippen LogP contribution < -0.4 is 5.32 Å². The number of nitrogens with zero attached hydrogens (tertiary/aromatic N) is 5. The van der Waals surface area contributed by atoms with E-state index in [9.17, 15) is 18.0 Å². The molecule has 0 spiro atoms. The van der Waals surface area contributed by atoms with Crippen molar-refractivity contribution in [2.24, 2.45) is 0 Å². The Morgan fingerprint density at radius 2 is 2.00 bits per heavy atom. The smallest absolute Gasteiger partial charge is 0.358 e. The Bertz CT molecular complexity index is 758. The summed E-state index contributed by atoms with van der Waals surface area (Å²) in [4.78, 5) is 14.1. The zero-order valence-electron chi connectivity index (χ0n) is 14.2. The highest BCUT2D eigenvalue weighted by molar-refractivity contribution is 5.81. The maximum Gasteiger partial charge on any atom is 0.416 e. The molecule has 1 atom stereocenters. The zero-order valence-corrected chi connectivity index (χ0v) is 14.2. The molecule has 1 N–H and O–H groups in total. The molecule has 26 heavy (non-hydrogen) atoms. The van der Waals surface area contributed by atoms with Crippen LogP contribution in [0.5, 0.6) is 0 Å². The molecule has 1 aromatic heterocycles. The van der Waals surface area contributed by atoms with E-state index >= 15 is 0 Å². The number of benzene rings is 1. The minimum atomic E-state index is -4.39. The lowest BCUT2D eigenvalue weighted by Crippen LogP contribution is -2.48. The molecule has 1 amide bonds. The molecule has 10 heteroatoms. The summed E-state index contributed by atoms with van der Waals surface area (Å²) >= 11 is 0. The van der Waals surface area contributed by atoms with Crippen LogP contribution in [0.3, 0.4) is 0 Å². The maximum absolute atomic E-state index is 12.7. The number of carbonyl (C=O) groups is 1. The van der Waals surface area contributed by atoms with E-state index < -0.39 is 11.7 Å². The van der Waals surface area contributed by atoms with Gasteiger partial charge < -0.3 is 5.32 Å². The summed E-state index contributed by atoms with van der Waals surface area (Å²) in [7, 11) is 1.60. The fourth-order valence-corrected chi connectivity index (χ4v) is 3.12. The summed E-state index contributed by atoms with van der Waals surface area (Å²) in [6, 6.07) is 4.39. The second-order valence-electron chi connectivity index (χ2n) is 6.15. The highest BCUT2D eigenvalue weighted by Crippen LogP contribution is 2.29. The van der Waals surface area contributed by atoms with Crippen molar-refractivity contribution in [2.75, 3.05) is 13.6 Å². The molecule has 0 saturated carbocycles. The van der Waals surface area contributed by atoms with Crippen LogP contribution in [0.4, 0.5) is 13.2 Å². The van der Waals surface area contributed by atoms with Gasteiger partial charge in [-0.05, 0) is 54.1 Å². The molecule has 0 bridgehead atoms. The summed E-state index contributed by atoms with van der Waals surface area (Å²) in [6.07, 6.45) is -1.70. The van der Waals surface area contributed by atoms with Gasteiger partial charge in [-0.3, -0.25) is 9.69 Å². The molecule has 0 aliphatic carbocycles. The van der Waals surface area contributed by atoms with Crippen molar-refractivity contribution in [1.29, 1.82) is 0 Å². The number of aromatic nitrogens is 4. The van der Waals surface area contributed by atoms with Gasteiger partial charge in [0.1, 0.15) is 0 Å². The van der Waals surface area contributed by atoms with Crippen molar-refractivity contribution in [3.05, 3.63) is 35.7 Å². The van der Waals surface area contributed by atoms with Gasteiger partial charge in [0, 0.05) is 7.05 Å². The third-order valence-electron chi connectivity index (χ3n) is 4.48. The third kappa shape index (κ3) is 3.85. The van der Waals surface area contributed by atoms with Crippen molar-refractivity contribution in [1.82, 2.24) is 30.4 Å². The number of alkyl halides is 3. The predicted molar refractivity (Wildman–Crippen MR) is 86.3 cm³/mol.